The molecule has 0 aliphatic heterocycles. The molecular weight excluding hydrogens is 288 g/mol. The fourth-order valence-electron chi connectivity index (χ4n) is 3.10. The lowest BCUT2D eigenvalue weighted by atomic mass is 10.1. The summed E-state index contributed by atoms with van der Waals surface area (Å²) in [5.74, 6) is -0.307. The van der Waals surface area contributed by atoms with Crippen LogP contribution < -0.4 is 0 Å². The van der Waals surface area contributed by atoms with Crippen LogP contribution in [-0.4, -0.2) is 22.6 Å². The molecule has 0 aliphatic rings. The van der Waals surface area contributed by atoms with Gasteiger partial charge >= 0.3 is 5.97 Å². The number of fused-ring (bicyclic) bond motifs is 2. The maximum Gasteiger partial charge on any atom is 0.340 e. The number of carbonyl (C=O) groups excluding carboxylic acids is 1. The summed E-state index contributed by atoms with van der Waals surface area (Å²) in [6.45, 7) is 0.696. The SMILES string of the molecule is COC(=O)c1cn(Cc2c[nH]c3ccccc23)c2ccccc12. The number of carbonyl (C=O) groups is 1. The van der Waals surface area contributed by atoms with E-state index in [-0.39, 0.29) is 5.97 Å². The molecule has 2 aromatic carbocycles. The monoisotopic (exact) mass is 304 g/mol. The van der Waals surface area contributed by atoms with E-state index in [9.17, 15) is 4.79 Å². The number of methoxy groups -OCH3 is 1. The highest BCUT2D eigenvalue weighted by atomic mass is 16.5. The molecule has 0 atom stereocenters. The van der Waals surface area contributed by atoms with Crippen molar-refractivity contribution in [1.29, 1.82) is 0 Å². The molecule has 4 rings (SSSR count). The van der Waals surface area contributed by atoms with E-state index in [4.69, 9.17) is 4.74 Å². The Bertz CT molecular complexity index is 1010. The Kier molecular flexibility index (Phi) is 3.15. The highest BCUT2D eigenvalue weighted by Crippen LogP contribution is 2.25. The molecule has 4 heteroatoms. The Morgan fingerprint density at radius 1 is 1.09 bits per heavy atom. The predicted molar refractivity (Wildman–Crippen MR) is 90.7 cm³/mol. The summed E-state index contributed by atoms with van der Waals surface area (Å²) in [6, 6.07) is 16.1. The van der Waals surface area contributed by atoms with Crippen molar-refractivity contribution < 1.29 is 9.53 Å². The average Bonchev–Trinajstić information content (AvgIpc) is 3.17. The molecule has 2 aromatic heterocycles. The van der Waals surface area contributed by atoms with Crippen LogP contribution in [0.3, 0.4) is 0 Å². The number of ether oxygens (including phenoxy) is 1. The first-order valence-electron chi connectivity index (χ1n) is 7.49. The van der Waals surface area contributed by atoms with Gasteiger partial charge in [0.2, 0.25) is 0 Å². The van der Waals surface area contributed by atoms with Crippen molar-refractivity contribution in [3.05, 3.63) is 72.1 Å². The standard InChI is InChI=1S/C19H16N2O2/c1-23-19(22)16-12-21(18-9-5-3-7-15(16)18)11-13-10-20-17-8-4-2-6-14(13)17/h2-10,12,20H,11H2,1H3. The average molecular weight is 304 g/mol. The second-order valence-corrected chi connectivity index (χ2v) is 5.54. The van der Waals surface area contributed by atoms with Gasteiger partial charge in [-0.25, -0.2) is 4.79 Å². The smallest absolute Gasteiger partial charge is 0.340 e. The van der Waals surface area contributed by atoms with Crippen LogP contribution >= 0.6 is 0 Å². The number of benzene rings is 2. The van der Waals surface area contributed by atoms with Gasteiger partial charge < -0.3 is 14.3 Å². The second-order valence-electron chi connectivity index (χ2n) is 5.54. The zero-order valence-corrected chi connectivity index (χ0v) is 12.7. The first-order valence-corrected chi connectivity index (χ1v) is 7.49. The summed E-state index contributed by atoms with van der Waals surface area (Å²) in [6.07, 6.45) is 3.90. The summed E-state index contributed by atoms with van der Waals surface area (Å²) in [4.78, 5) is 15.3. The number of rotatable bonds is 3. The van der Waals surface area contributed by atoms with Crippen LogP contribution in [0.1, 0.15) is 15.9 Å². The van der Waals surface area contributed by atoms with Gasteiger partial charge in [-0.05, 0) is 17.7 Å². The highest BCUT2D eigenvalue weighted by Gasteiger charge is 2.15. The summed E-state index contributed by atoms with van der Waals surface area (Å²) in [5, 5.41) is 2.11. The molecule has 0 bridgehead atoms. The number of aromatic amines is 1. The van der Waals surface area contributed by atoms with E-state index < -0.39 is 0 Å². The van der Waals surface area contributed by atoms with Gasteiger partial charge in [0, 0.05) is 40.7 Å². The van der Waals surface area contributed by atoms with E-state index in [2.05, 4.69) is 21.7 Å². The maximum atomic E-state index is 12.0. The molecule has 0 spiro atoms. The number of hydrogen-bond donors (Lipinski definition) is 1. The van der Waals surface area contributed by atoms with E-state index in [1.165, 1.54) is 18.1 Å². The van der Waals surface area contributed by atoms with Gasteiger partial charge in [0.15, 0.2) is 0 Å². The summed E-state index contributed by atoms with van der Waals surface area (Å²) >= 11 is 0. The number of para-hydroxylation sites is 2. The lowest BCUT2D eigenvalue weighted by molar-refractivity contribution is 0.0602. The highest BCUT2D eigenvalue weighted by molar-refractivity contribution is 6.04. The van der Waals surface area contributed by atoms with Gasteiger partial charge in [-0.3, -0.25) is 0 Å². The van der Waals surface area contributed by atoms with Crippen LogP contribution in [-0.2, 0) is 11.3 Å². The van der Waals surface area contributed by atoms with Gasteiger partial charge in [0.25, 0.3) is 0 Å². The van der Waals surface area contributed by atoms with Gasteiger partial charge in [0.1, 0.15) is 0 Å². The summed E-state index contributed by atoms with van der Waals surface area (Å²) in [7, 11) is 1.41. The minimum Gasteiger partial charge on any atom is -0.465 e. The Morgan fingerprint density at radius 3 is 2.65 bits per heavy atom. The molecule has 0 unspecified atom stereocenters. The molecule has 4 aromatic rings. The van der Waals surface area contributed by atoms with Crippen LogP contribution in [0.5, 0.6) is 0 Å². The van der Waals surface area contributed by atoms with Crippen molar-refractivity contribution in [2.45, 2.75) is 6.54 Å². The molecule has 0 radical (unpaired) electrons. The third-order valence-corrected chi connectivity index (χ3v) is 4.21. The molecule has 0 fully saturated rings. The Hall–Kier alpha value is -3.01. The normalized spacial score (nSPS) is 11.2. The molecule has 1 N–H and O–H groups in total. The molecule has 4 nitrogen and oxygen atoms in total. The quantitative estimate of drug-likeness (QED) is 0.582. The van der Waals surface area contributed by atoms with Crippen molar-refractivity contribution in [3.8, 4) is 0 Å². The van der Waals surface area contributed by atoms with Gasteiger partial charge in [-0.1, -0.05) is 36.4 Å². The number of hydrogen-bond acceptors (Lipinski definition) is 2. The Balaban J connectivity index is 1.84. The number of nitrogens with one attached hydrogen (secondary N) is 1. The first kappa shape index (κ1) is 13.6. The van der Waals surface area contributed by atoms with E-state index in [1.54, 1.807) is 0 Å². The van der Waals surface area contributed by atoms with Crippen LogP contribution in [0.4, 0.5) is 0 Å². The molecule has 0 aliphatic carbocycles. The van der Waals surface area contributed by atoms with E-state index in [1.807, 2.05) is 48.8 Å². The van der Waals surface area contributed by atoms with E-state index in [0.29, 0.717) is 12.1 Å². The molecular formula is C19H16N2O2. The molecule has 0 amide bonds. The van der Waals surface area contributed by atoms with Crippen molar-refractivity contribution in [3.63, 3.8) is 0 Å². The van der Waals surface area contributed by atoms with Crippen molar-refractivity contribution in [2.75, 3.05) is 7.11 Å². The largest absolute Gasteiger partial charge is 0.465 e. The topological polar surface area (TPSA) is 47.0 Å². The number of esters is 1. The van der Waals surface area contributed by atoms with Crippen LogP contribution in [0.25, 0.3) is 21.8 Å². The number of nitrogens with zero attached hydrogens (tertiary/aromatic N) is 1. The number of H-pyrrole nitrogens is 1. The summed E-state index contributed by atoms with van der Waals surface area (Å²) < 4.78 is 7.00. The first-order chi connectivity index (χ1) is 11.3. The maximum absolute atomic E-state index is 12.0. The minimum absolute atomic E-state index is 0.307. The van der Waals surface area contributed by atoms with Crippen molar-refractivity contribution >= 4 is 27.8 Å². The van der Waals surface area contributed by atoms with E-state index >= 15 is 0 Å². The Labute approximate surface area is 133 Å². The lowest BCUT2D eigenvalue weighted by Gasteiger charge is -2.04. The fourth-order valence-corrected chi connectivity index (χ4v) is 3.10. The van der Waals surface area contributed by atoms with Crippen molar-refractivity contribution in [1.82, 2.24) is 9.55 Å². The fraction of sp³-hybridized carbons (Fsp3) is 0.105. The van der Waals surface area contributed by atoms with Gasteiger partial charge in [-0.2, -0.15) is 0 Å². The third kappa shape index (κ3) is 2.19. The third-order valence-electron chi connectivity index (χ3n) is 4.21. The van der Waals surface area contributed by atoms with Crippen LogP contribution in [0, 0.1) is 0 Å². The second kappa shape index (κ2) is 5.32. The molecule has 0 saturated carbocycles. The van der Waals surface area contributed by atoms with Crippen molar-refractivity contribution in [2.24, 2.45) is 0 Å². The number of aromatic nitrogens is 2. The van der Waals surface area contributed by atoms with E-state index in [0.717, 1.165) is 16.4 Å². The molecule has 114 valence electrons. The van der Waals surface area contributed by atoms with Crippen LogP contribution in [0.15, 0.2) is 60.9 Å². The molecule has 23 heavy (non-hydrogen) atoms. The Morgan fingerprint density at radius 2 is 1.83 bits per heavy atom. The molecule has 2 heterocycles. The minimum atomic E-state index is -0.307. The lowest BCUT2D eigenvalue weighted by Crippen LogP contribution is -2.01. The predicted octanol–water partition coefficient (Wildman–Crippen LogP) is 3.96. The molecule has 0 saturated heterocycles. The van der Waals surface area contributed by atoms with Crippen LogP contribution in [0.2, 0.25) is 0 Å². The van der Waals surface area contributed by atoms with Gasteiger partial charge in [-0.15, -0.1) is 0 Å². The van der Waals surface area contributed by atoms with Gasteiger partial charge in [0.05, 0.1) is 12.7 Å². The zero-order valence-electron chi connectivity index (χ0n) is 12.7. The zero-order chi connectivity index (χ0) is 15.8. The summed E-state index contributed by atoms with van der Waals surface area (Å²) in [5.41, 5.74) is 3.94.